The molecule has 0 aromatic heterocycles. The number of amides is 2. The van der Waals surface area contributed by atoms with E-state index in [1.165, 1.54) is 12.8 Å². The van der Waals surface area contributed by atoms with Crippen LogP contribution in [0.2, 0.25) is 0 Å². The smallest absolute Gasteiger partial charge is 0.316 e. The lowest BCUT2D eigenvalue weighted by Gasteiger charge is -2.29. The second-order valence-electron chi connectivity index (χ2n) is 4.28. The van der Waals surface area contributed by atoms with Gasteiger partial charge in [-0.05, 0) is 19.8 Å². The van der Waals surface area contributed by atoms with Crippen LogP contribution in [0.25, 0.3) is 0 Å². The monoisotopic (exact) mass is 199 g/mol. The van der Waals surface area contributed by atoms with E-state index in [2.05, 4.69) is 17.6 Å². The Morgan fingerprint density at radius 3 is 2.79 bits per heavy atom. The molecule has 0 bridgehead atoms. The van der Waals surface area contributed by atoms with Crippen molar-refractivity contribution < 1.29 is 4.79 Å². The summed E-state index contributed by atoms with van der Waals surface area (Å²) in [5, 5.41) is 6.37. The lowest BCUT2D eigenvalue weighted by atomic mass is 10.00. The summed E-state index contributed by atoms with van der Waals surface area (Å²) >= 11 is 0. The van der Waals surface area contributed by atoms with E-state index in [4.69, 9.17) is 0 Å². The minimum Gasteiger partial charge on any atom is -0.336 e. The lowest BCUT2D eigenvalue weighted by Crippen LogP contribution is -2.48. The normalized spacial score (nSPS) is 27.1. The SMILES string of the molecule is CC1CCCC(CNC(=O)N(C)C)N1. The molecule has 4 heteroatoms. The van der Waals surface area contributed by atoms with E-state index in [1.54, 1.807) is 19.0 Å². The zero-order valence-corrected chi connectivity index (χ0v) is 9.34. The van der Waals surface area contributed by atoms with Gasteiger partial charge in [-0.3, -0.25) is 0 Å². The van der Waals surface area contributed by atoms with E-state index in [9.17, 15) is 4.79 Å². The van der Waals surface area contributed by atoms with E-state index >= 15 is 0 Å². The van der Waals surface area contributed by atoms with Gasteiger partial charge in [0.1, 0.15) is 0 Å². The molecule has 1 heterocycles. The predicted octanol–water partition coefficient (Wildman–Crippen LogP) is 0.788. The molecule has 0 radical (unpaired) electrons. The maximum Gasteiger partial charge on any atom is 0.316 e. The largest absolute Gasteiger partial charge is 0.336 e. The molecule has 0 aromatic carbocycles. The fourth-order valence-electron chi connectivity index (χ4n) is 1.77. The Labute approximate surface area is 86.0 Å². The zero-order valence-electron chi connectivity index (χ0n) is 9.34. The van der Waals surface area contributed by atoms with Gasteiger partial charge in [0, 0.05) is 32.7 Å². The van der Waals surface area contributed by atoms with Crippen molar-refractivity contribution in [1.82, 2.24) is 15.5 Å². The number of nitrogens with zero attached hydrogens (tertiary/aromatic N) is 1. The molecule has 1 saturated heterocycles. The van der Waals surface area contributed by atoms with Crippen LogP contribution >= 0.6 is 0 Å². The summed E-state index contributed by atoms with van der Waals surface area (Å²) in [7, 11) is 3.51. The summed E-state index contributed by atoms with van der Waals surface area (Å²) in [6.45, 7) is 2.93. The predicted molar refractivity (Wildman–Crippen MR) is 57.3 cm³/mol. The Balaban J connectivity index is 2.20. The number of carbonyl (C=O) groups is 1. The third-order valence-electron chi connectivity index (χ3n) is 2.62. The van der Waals surface area contributed by atoms with Gasteiger partial charge in [0.25, 0.3) is 0 Å². The van der Waals surface area contributed by atoms with Crippen LogP contribution in [0.3, 0.4) is 0 Å². The molecule has 14 heavy (non-hydrogen) atoms. The average molecular weight is 199 g/mol. The molecule has 1 fully saturated rings. The van der Waals surface area contributed by atoms with Crippen molar-refractivity contribution in [1.29, 1.82) is 0 Å². The van der Waals surface area contributed by atoms with Crippen LogP contribution in [0, 0.1) is 0 Å². The maximum atomic E-state index is 11.3. The molecule has 0 spiro atoms. The Bertz CT molecular complexity index is 194. The first-order valence-corrected chi connectivity index (χ1v) is 5.31. The van der Waals surface area contributed by atoms with Crippen LogP contribution in [0.1, 0.15) is 26.2 Å². The summed E-state index contributed by atoms with van der Waals surface area (Å²) in [5.41, 5.74) is 0. The summed E-state index contributed by atoms with van der Waals surface area (Å²) in [6, 6.07) is 1.03. The Hall–Kier alpha value is -0.770. The van der Waals surface area contributed by atoms with E-state index < -0.39 is 0 Å². The molecular formula is C10H21N3O. The van der Waals surface area contributed by atoms with Crippen molar-refractivity contribution in [2.45, 2.75) is 38.3 Å². The lowest BCUT2D eigenvalue weighted by molar-refractivity contribution is 0.214. The van der Waals surface area contributed by atoms with E-state index in [1.807, 2.05) is 0 Å². The van der Waals surface area contributed by atoms with Crippen molar-refractivity contribution in [3.63, 3.8) is 0 Å². The van der Waals surface area contributed by atoms with Crippen LogP contribution in [0.4, 0.5) is 4.79 Å². The first kappa shape index (κ1) is 11.3. The summed E-state index contributed by atoms with van der Waals surface area (Å²) in [4.78, 5) is 12.8. The van der Waals surface area contributed by atoms with Crippen molar-refractivity contribution in [3.05, 3.63) is 0 Å². The number of urea groups is 1. The van der Waals surface area contributed by atoms with Crippen LogP contribution in [0.5, 0.6) is 0 Å². The topological polar surface area (TPSA) is 44.4 Å². The highest BCUT2D eigenvalue weighted by Crippen LogP contribution is 2.11. The van der Waals surface area contributed by atoms with Crippen molar-refractivity contribution in [2.24, 2.45) is 0 Å². The minimum atomic E-state index is -0.00923. The van der Waals surface area contributed by atoms with Gasteiger partial charge >= 0.3 is 6.03 Å². The molecule has 4 nitrogen and oxygen atoms in total. The second-order valence-corrected chi connectivity index (χ2v) is 4.28. The quantitative estimate of drug-likeness (QED) is 0.690. The molecular weight excluding hydrogens is 178 g/mol. The number of nitrogens with one attached hydrogen (secondary N) is 2. The van der Waals surface area contributed by atoms with Gasteiger partial charge in [0.05, 0.1) is 0 Å². The van der Waals surface area contributed by atoms with Crippen LogP contribution < -0.4 is 10.6 Å². The molecule has 1 aliphatic rings. The Morgan fingerprint density at radius 1 is 1.50 bits per heavy atom. The molecule has 2 amide bonds. The average Bonchev–Trinajstić information content (AvgIpc) is 2.14. The highest BCUT2D eigenvalue weighted by Gasteiger charge is 2.18. The Morgan fingerprint density at radius 2 is 2.21 bits per heavy atom. The summed E-state index contributed by atoms with van der Waals surface area (Å²) < 4.78 is 0. The standard InChI is InChI=1S/C10H21N3O/c1-8-5-4-6-9(12-8)7-11-10(14)13(2)3/h8-9,12H,4-7H2,1-3H3,(H,11,14). The molecule has 0 aliphatic carbocycles. The number of hydrogen-bond donors (Lipinski definition) is 2. The highest BCUT2D eigenvalue weighted by molar-refractivity contribution is 5.73. The number of rotatable bonds is 2. The first-order valence-electron chi connectivity index (χ1n) is 5.31. The van der Waals surface area contributed by atoms with Crippen LogP contribution in [-0.4, -0.2) is 43.7 Å². The van der Waals surface area contributed by atoms with Gasteiger partial charge in [-0.25, -0.2) is 4.79 Å². The molecule has 1 rings (SSSR count). The van der Waals surface area contributed by atoms with Crippen molar-refractivity contribution in [2.75, 3.05) is 20.6 Å². The van der Waals surface area contributed by atoms with Crippen LogP contribution in [0.15, 0.2) is 0 Å². The molecule has 1 aliphatic heterocycles. The molecule has 0 saturated carbocycles. The van der Waals surface area contributed by atoms with Gasteiger partial charge in [-0.1, -0.05) is 6.42 Å². The van der Waals surface area contributed by atoms with E-state index in [0.717, 1.165) is 13.0 Å². The van der Waals surface area contributed by atoms with E-state index in [0.29, 0.717) is 12.1 Å². The van der Waals surface area contributed by atoms with Crippen molar-refractivity contribution in [3.8, 4) is 0 Å². The third kappa shape index (κ3) is 3.54. The summed E-state index contributed by atoms with van der Waals surface area (Å²) in [5.74, 6) is 0. The molecule has 0 aromatic rings. The molecule has 2 atom stereocenters. The fraction of sp³-hybridized carbons (Fsp3) is 0.900. The molecule has 2 unspecified atom stereocenters. The molecule has 2 N–H and O–H groups in total. The van der Waals surface area contributed by atoms with Gasteiger partial charge in [0.15, 0.2) is 0 Å². The van der Waals surface area contributed by atoms with Gasteiger partial charge in [0.2, 0.25) is 0 Å². The summed E-state index contributed by atoms with van der Waals surface area (Å²) in [6.07, 6.45) is 3.67. The zero-order chi connectivity index (χ0) is 10.6. The molecule has 82 valence electrons. The van der Waals surface area contributed by atoms with Crippen molar-refractivity contribution >= 4 is 6.03 Å². The fourth-order valence-corrected chi connectivity index (χ4v) is 1.77. The number of piperidine rings is 1. The van der Waals surface area contributed by atoms with Gasteiger partial charge < -0.3 is 15.5 Å². The van der Waals surface area contributed by atoms with Gasteiger partial charge in [-0.15, -0.1) is 0 Å². The number of carbonyl (C=O) groups excluding carboxylic acids is 1. The van der Waals surface area contributed by atoms with E-state index in [-0.39, 0.29) is 6.03 Å². The van der Waals surface area contributed by atoms with Gasteiger partial charge in [-0.2, -0.15) is 0 Å². The maximum absolute atomic E-state index is 11.3. The Kier molecular flexibility index (Phi) is 4.20. The highest BCUT2D eigenvalue weighted by atomic mass is 16.2. The van der Waals surface area contributed by atoms with Crippen LogP contribution in [-0.2, 0) is 0 Å². The second kappa shape index (κ2) is 5.20. The number of hydrogen-bond acceptors (Lipinski definition) is 2. The first-order chi connectivity index (χ1) is 6.59. The minimum absolute atomic E-state index is 0.00923. The third-order valence-corrected chi connectivity index (χ3v) is 2.62.